The van der Waals surface area contributed by atoms with Crippen molar-refractivity contribution < 1.29 is 14.0 Å². The van der Waals surface area contributed by atoms with E-state index in [1.54, 1.807) is 18.2 Å². The zero-order valence-electron chi connectivity index (χ0n) is 15.2. The maximum Gasteiger partial charge on any atom is 0.291 e. The third-order valence-corrected chi connectivity index (χ3v) is 4.78. The molecule has 0 spiro atoms. The number of benzene rings is 1. The van der Waals surface area contributed by atoms with Gasteiger partial charge >= 0.3 is 0 Å². The fraction of sp³-hybridized carbons (Fsp3) is 0.400. The molecule has 2 amide bonds. The number of nitrogens with one attached hydrogen (secondary N) is 2. The highest BCUT2D eigenvalue weighted by atomic mass is 16.3. The van der Waals surface area contributed by atoms with Crippen molar-refractivity contribution >= 4 is 17.5 Å². The zero-order valence-corrected chi connectivity index (χ0v) is 15.2. The van der Waals surface area contributed by atoms with Crippen molar-refractivity contribution in [2.24, 2.45) is 5.92 Å². The Bertz CT molecular complexity index is 769. The summed E-state index contributed by atoms with van der Waals surface area (Å²) in [5.74, 6) is 0.419. The normalized spacial score (nSPS) is 17.2. The molecule has 1 fully saturated rings. The number of piperidine rings is 1. The maximum absolute atomic E-state index is 12.9. The number of aryl methyl sites for hydroxylation is 1. The molecule has 0 bridgehead atoms. The molecule has 2 aromatic rings. The van der Waals surface area contributed by atoms with Crippen LogP contribution in [0.25, 0.3) is 0 Å². The van der Waals surface area contributed by atoms with Gasteiger partial charge in [0.05, 0.1) is 6.26 Å². The van der Waals surface area contributed by atoms with Crippen molar-refractivity contribution in [3.8, 4) is 0 Å². The van der Waals surface area contributed by atoms with Gasteiger partial charge in [-0.25, -0.2) is 0 Å². The number of carbonyl (C=O) groups is 2. The van der Waals surface area contributed by atoms with Gasteiger partial charge in [0.1, 0.15) is 0 Å². The Morgan fingerprint density at radius 1 is 1.31 bits per heavy atom. The van der Waals surface area contributed by atoms with Crippen LogP contribution in [-0.2, 0) is 0 Å². The molecule has 2 N–H and O–H groups in total. The molecule has 6 nitrogen and oxygen atoms in total. The lowest BCUT2D eigenvalue weighted by Crippen LogP contribution is -2.42. The largest absolute Gasteiger partial charge is 0.459 e. The Hall–Kier alpha value is -2.60. The highest BCUT2D eigenvalue weighted by Crippen LogP contribution is 2.22. The number of amides is 2. The van der Waals surface area contributed by atoms with Gasteiger partial charge in [-0.05, 0) is 69.1 Å². The van der Waals surface area contributed by atoms with Gasteiger partial charge < -0.3 is 20.0 Å². The van der Waals surface area contributed by atoms with Gasteiger partial charge in [-0.15, -0.1) is 0 Å². The van der Waals surface area contributed by atoms with Gasteiger partial charge in [0, 0.05) is 24.3 Å². The van der Waals surface area contributed by atoms with E-state index in [-0.39, 0.29) is 17.6 Å². The summed E-state index contributed by atoms with van der Waals surface area (Å²) in [6.45, 7) is 4.36. The van der Waals surface area contributed by atoms with Crippen LogP contribution >= 0.6 is 0 Å². The zero-order chi connectivity index (χ0) is 18.5. The Morgan fingerprint density at radius 3 is 2.88 bits per heavy atom. The SMILES string of the molecule is CNCC1CCCN(C(=O)c2ccc(C)c(NC(=O)c3ccco3)c2)C1. The summed E-state index contributed by atoms with van der Waals surface area (Å²) in [6, 6.07) is 8.71. The van der Waals surface area contributed by atoms with E-state index in [1.807, 2.05) is 31.0 Å². The maximum atomic E-state index is 12.9. The number of rotatable bonds is 5. The summed E-state index contributed by atoms with van der Waals surface area (Å²) in [6.07, 6.45) is 3.62. The number of anilines is 1. The summed E-state index contributed by atoms with van der Waals surface area (Å²) < 4.78 is 5.12. The molecule has 6 heteroatoms. The lowest BCUT2D eigenvalue weighted by Gasteiger charge is -2.33. The average Bonchev–Trinajstić information content (AvgIpc) is 3.18. The van der Waals surface area contributed by atoms with Gasteiger partial charge in [-0.2, -0.15) is 0 Å². The van der Waals surface area contributed by atoms with Crippen LogP contribution in [0, 0.1) is 12.8 Å². The van der Waals surface area contributed by atoms with E-state index in [9.17, 15) is 9.59 Å². The lowest BCUT2D eigenvalue weighted by atomic mass is 9.97. The Morgan fingerprint density at radius 2 is 2.15 bits per heavy atom. The number of nitrogens with zero attached hydrogens (tertiary/aromatic N) is 1. The minimum Gasteiger partial charge on any atom is -0.459 e. The summed E-state index contributed by atoms with van der Waals surface area (Å²) in [7, 11) is 1.94. The highest BCUT2D eigenvalue weighted by molar-refractivity contribution is 6.03. The van der Waals surface area contributed by atoms with Crippen LogP contribution in [0.5, 0.6) is 0 Å². The predicted octanol–water partition coefficient (Wildman–Crippen LogP) is 2.91. The molecule has 3 rings (SSSR count). The molecule has 0 radical (unpaired) electrons. The van der Waals surface area contributed by atoms with Crippen LogP contribution in [0.3, 0.4) is 0 Å². The second-order valence-electron chi connectivity index (χ2n) is 6.78. The fourth-order valence-corrected chi connectivity index (χ4v) is 3.37. The second kappa shape index (κ2) is 8.19. The predicted molar refractivity (Wildman–Crippen MR) is 100 cm³/mol. The molecule has 0 aliphatic carbocycles. The smallest absolute Gasteiger partial charge is 0.291 e. The molecule has 1 aromatic carbocycles. The van der Waals surface area contributed by atoms with Gasteiger partial charge in [-0.3, -0.25) is 9.59 Å². The first-order valence-electron chi connectivity index (χ1n) is 8.98. The van der Waals surface area contributed by atoms with Crippen LogP contribution < -0.4 is 10.6 Å². The number of hydrogen-bond acceptors (Lipinski definition) is 4. The molecular formula is C20H25N3O3. The highest BCUT2D eigenvalue weighted by Gasteiger charge is 2.24. The van der Waals surface area contributed by atoms with Crippen molar-refractivity contribution in [2.45, 2.75) is 19.8 Å². The number of carbonyl (C=O) groups excluding carboxylic acids is 2. The van der Waals surface area contributed by atoms with Crippen LogP contribution in [0.2, 0.25) is 0 Å². The molecule has 0 saturated carbocycles. The van der Waals surface area contributed by atoms with Gasteiger partial charge in [0.15, 0.2) is 5.76 Å². The number of furan rings is 1. The minimum absolute atomic E-state index is 0.0132. The van der Waals surface area contributed by atoms with Crippen molar-refractivity contribution in [3.63, 3.8) is 0 Å². The number of likely N-dealkylation sites (tertiary alicyclic amines) is 1. The molecule has 1 aliphatic heterocycles. The Balaban J connectivity index is 1.74. The second-order valence-corrected chi connectivity index (χ2v) is 6.78. The molecule has 26 heavy (non-hydrogen) atoms. The Kier molecular flexibility index (Phi) is 5.73. The van der Waals surface area contributed by atoms with Crippen molar-refractivity contribution in [2.75, 3.05) is 32.0 Å². The van der Waals surface area contributed by atoms with Crippen LogP contribution in [-0.4, -0.2) is 43.4 Å². The molecule has 1 aromatic heterocycles. The molecule has 1 unspecified atom stereocenters. The first kappa shape index (κ1) is 18.2. The monoisotopic (exact) mass is 355 g/mol. The van der Waals surface area contributed by atoms with E-state index in [0.29, 0.717) is 17.2 Å². The lowest BCUT2D eigenvalue weighted by molar-refractivity contribution is 0.0674. The molecule has 1 atom stereocenters. The van der Waals surface area contributed by atoms with E-state index >= 15 is 0 Å². The molecule has 1 saturated heterocycles. The standard InChI is InChI=1S/C20H25N3O3/c1-14-7-8-16(11-17(14)22-19(24)18-6-4-10-26-18)20(25)23-9-3-5-15(13-23)12-21-2/h4,6-8,10-11,15,21H,3,5,9,12-13H2,1-2H3,(H,22,24). The van der Waals surface area contributed by atoms with Crippen LogP contribution in [0.15, 0.2) is 41.0 Å². The van der Waals surface area contributed by atoms with E-state index in [1.165, 1.54) is 6.26 Å². The molecular weight excluding hydrogens is 330 g/mol. The topological polar surface area (TPSA) is 74.6 Å². The van der Waals surface area contributed by atoms with Crippen LogP contribution in [0.1, 0.15) is 39.3 Å². The van der Waals surface area contributed by atoms with E-state index in [0.717, 1.165) is 38.0 Å². The van der Waals surface area contributed by atoms with Crippen molar-refractivity contribution in [3.05, 3.63) is 53.5 Å². The summed E-state index contributed by atoms with van der Waals surface area (Å²) in [4.78, 5) is 27.0. The summed E-state index contributed by atoms with van der Waals surface area (Å²) in [5, 5.41) is 6.02. The van der Waals surface area contributed by atoms with E-state index < -0.39 is 0 Å². The van der Waals surface area contributed by atoms with Crippen LogP contribution in [0.4, 0.5) is 5.69 Å². The quantitative estimate of drug-likeness (QED) is 0.865. The summed E-state index contributed by atoms with van der Waals surface area (Å²) >= 11 is 0. The van der Waals surface area contributed by atoms with E-state index in [2.05, 4.69) is 10.6 Å². The van der Waals surface area contributed by atoms with Gasteiger partial charge in [-0.1, -0.05) is 6.07 Å². The number of hydrogen-bond donors (Lipinski definition) is 2. The first-order chi connectivity index (χ1) is 12.6. The molecule has 2 heterocycles. The third-order valence-electron chi connectivity index (χ3n) is 4.78. The Labute approximate surface area is 153 Å². The summed E-state index contributed by atoms with van der Waals surface area (Å²) in [5.41, 5.74) is 2.12. The van der Waals surface area contributed by atoms with Gasteiger partial charge in [0.2, 0.25) is 0 Å². The molecule has 1 aliphatic rings. The fourth-order valence-electron chi connectivity index (χ4n) is 3.37. The van der Waals surface area contributed by atoms with Crippen molar-refractivity contribution in [1.82, 2.24) is 10.2 Å². The van der Waals surface area contributed by atoms with Crippen molar-refractivity contribution in [1.29, 1.82) is 0 Å². The minimum atomic E-state index is -0.324. The average molecular weight is 355 g/mol. The first-order valence-corrected chi connectivity index (χ1v) is 8.98. The van der Waals surface area contributed by atoms with E-state index in [4.69, 9.17) is 4.42 Å². The van der Waals surface area contributed by atoms with Gasteiger partial charge in [0.25, 0.3) is 11.8 Å². The molecule has 138 valence electrons. The third kappa shape index (κ3) is 4.14.